The number of likely N-dealkylation sites (tertiary alicyclic amines) is 1. The molecule has 1 aliphatic rings. The monoisotopic (exact) mass is 265 g/mol. The van der Waals surface area contributed by atoms with Crippen LogP contribution < -0.4 is 0 Å². The Balaban J connectivity index is 2.12. The van der Waals surface area contributed by atoms with Crippen LogP contribution in [0.2, 0.25) is 0 Å². The van der Waals surface area contributed by atoms with E-state index in [9.17, 15) is 4.79 Å². The molecule has 2 heterocycles. The lowest BCUT2D eigenvalue weighted by Crippen LogP contribution is -2.43. The molecule has 0 spiro atoms. The number of rotatable bonds is 3. The maximum atomic E-state index is 11.4. The fourth-order valence-electron chi connectivity index (χ4n) is 2.86. The second kappa shape index (κ2) is 5.78. The number of esters is 1. The minimum Gasteiger partial charge on any atom is -0.463 e. The van der Waals surface area contributed by atoms with Crippen molar-refractivity contribution < 1.29 is 13.9 Å². The third kappa shape index (κ3) is 2.84. The number of carbonyl (C=O) groups excluding carboxylic acids is 1. The summed E-state index contributed by atoms with van der Waals surface area (Å²) >= 11 is 0. The number of ether oxygens (including phenoxy) is 1. The van der Waals surface area contributed by atoms with E-state index in [0.29, 0.717) is 12.0 Å². The highest BCUT2D eigenvalue weighted by atomic mass is 16.5. The molecular formula is C15H23NO3. The molecule has 0 bridgehead atoms. The van der Waals surface area contributed by atoms with Crippen molar-refractivity contribution in [3.05, 3.63) is 23.7 Å². The second-order valence-electron chi connectivity index (χ2n) is 5.47. The minimum absolute atomic E-state index is 0.191. The van der Waals surface area contributed by atoms with E-state index in [4.69, 9.17) is 4.42 Å². The van der Waals surface area contributed by atoms with E-state index in [2.05, 4.69) is 30.4 Å². The van der Waals surface area contributed by atoms with E-state index in [1.807, 2.05) is 6.07 Å². The van der Waals surface area contributed by atoms with Gasteiger partial charge in [-0.1, -0.05) is 6.92 Å². The number of methoxy groups -OCH3 is 1. The van der Waals surface area contributed by atoms with Crippen molar-refractivity contribution in [1.82, 2.24) is 4.90 Å². The van der Waals surface area contributed by atoms with Crippen molar-refractivity contribution in [2.45, 2.75) is 45.7 Å². The molecule has 0 aromatic carbocycles. The van der Waals surface area contributed by atoms with Crippen LogP contribution in [0.15, 0.2) is 16.5 Å². The van der Waals surface area contributed by atoms with Crippen molar-refractivity contribution in [3.8, 4) is 0 Å². The highest BCUT2D eigenvalue weighted by Crippen LogP contribution is 2.31. The van der Waals surface area contributed by atoms with Crippen LogP contribution in [-0.4, -0.2) is 30.6 Å². The first-order valence-corrected chi connectivity index (χ1v) is 6.98. The van der Waals surface area contributed by atoms with Gasteiger partial charge in [0.05, 0.1) is 13.2 Å². The van der Waals surface area contributed by atoms with Gasteiger partial charge in [-0.2, -0.15) is 0 Å². The van der Waals surface area contributed by atoms with Crippen LogP contribution in [0.3, 0.4) is 0 Å². The molecule has 1 aromatic rings. The normalized spacial score (nSPS) is 26.1. The van der Waals surface area contributed by atoms with Gasteiger partial charge < -0.3 is 9.15 Å². The van der Waals surface area contributed by atoms with Gasteiger partial charge in [-0.25, -0.2) is 4.79 Å². The zero-order chi connectivity index (χ0) is 14.0. The SMILES string of the molecule is COC(=O)c1ccc(C(C)N2CCCC(C)C2C)o1. The molecule has 0 amide bonds. The average Bonchev–Trinajstić information content (AvgIpc) is 2.90. The van der Waals surface area contributed by atoms with Gasteiger partial charge in [0.2, 0.25) is 5.76 Å². The molecule has 3 unspecified atom stereocenters. The summed E-state index contributed by atoms with van der Waals surface area (Å²) in [6, 6.07) is 4.30. The molecule has 0 radical (unpaired) electrons. The second-order valence-corrected chi connectivity index (χ2v) is 5.47. The average molecular weight is 265 g/mol. The number of hydrogen-bond acceptors (Lipinski definition) is 4. The summed E-state index contributed by atoms with van der Waals surface area (Å²) in [7, 11) is 1.36. The van der Waals surface area contributed by atoms with Gasteiger partial charge in [-0.3, -0.25) is 4.90 Å². The summed E-state index contributed by atoms with van der Waals surface area (Å²) in [5, 5.41) is 0. The van der Waals surface area contributed by atoms with E-state index in [1.165, 1.54) is 20.0 Å². The molecule has 0 aliphatic carbocycles. The van der Waals surface area contributed by atoms with Crippen molar-refractivity contribution in [3.63, 3.8) is 0 Å². The molecule has 19 heavy (non-hydrogen) atoms. The molecule has 1 saturated heterocycles. The molecule has 1 aliphatic heterocycles. The van der Waals surface area contributed by atoms with Crippen LogP contribution in [0.1, 0.15) is 56.0 Å². The topological polar surface area (TPSA) is 42.7 Å². The molecule has 3 atom stereocenters. The van der Waals surface area contributed by atoms with Crippen LogP contribution in [0.4, 0.5) is 0 Å². The van der Waals surface area contributed by atoms with Gasteiger partial charge in [0.15, 0.2) is 0 Å². The molecule has 1 aromatic heterocycles. The lowest BCUT2D eigenvalue weighted by atomic mass is 9.90. The van der Waals surface area contributed by atoms with Gasteiger partial charge in [-0.05, 0) is 51.3 Å². The molecule has 4 nitrogen and oxygen atoms in total. The molecule has 1 fully saturated rings. The summed E-state index contributed by atoms with van der Waals surface area (Å²) in [4.78, 5) is 13.9. The Hall–Kier alpha value is -1.29. The Bertz CT molecular complexity index is 440. The molecule has 106 valence electrons. The van der Waals surface area contributed by atoms with E-state index in [1.54, 1.807) is 6.07 Å². The number of piperidine rings is 1. The van der Waals surface area contributed by atoms with Gasteiger partial charge in [0.1, 0.15) is 5.76 Å². The van der Waals surface area contributed by atoms with Crippen molar-refractivity contribution in [2.75, 3.05) is 13.7 Å². The molecule has 0 saturated carbocycles. The molecule has 0 N–H and O–H groups in total. The maximum absolute atomic E-state index is 11.4. The number of carbonyl (C=O) groups is 1. The van der Waals surface area contributed by atoms with Crippen LogP contribution in [0.5, 0.6) is 0 Å². The quantitative estimate of drug-likeness (QED) is 0.787. The Labute approximate surface area is 114 Å². The van der Waals surface area contributed by atoms with Crippen molar-refractivity contribution in [2.24, 2.45) is 5.92 Å². The lowest BCUT2D eigenvalue weighted by molar-refractivity contribution is 0.0528. The smallest absolute Gasteiger partial charge is 0.373 e. The minimum atomic E-state index is -0.418. The fraction of sp³-hybridized carbons (Fsp3) is 0.667. The first kappa shape index (κ1) is 14.1. The third-order valence-electron chi connectivity index (χ3n) is 4.35. The highest BCUT2D eigenvalue weighted by molar-refractivity contribution is 5.86. The number of hydrogen-bond donors (Lipinski definition) is 0. The first-order valence-electron chi connectivity index (χ1n) is 6.98. The summed E-state index contributed by atoms with van der Waals surface area (Å²) in [6.07, 6.45) is 2.51. The van der Waals surface area contributed by atoms with Crippen LogP contribution >= 0.6 is 0 Å². The standard InChI is InChI=1S/C15H23NO3/c1-10-6-5-9-16(11(10)2)12(3)13-7-8-14(19-13)15(17)18-4/h7-8,10-12H,5-6,9H2,1-4H3. The predicted molar refractivity (Wildman–Crippen MR) is 73.0 cm³/mol. The Morgan fingerprint density at radius 2 is 2.21 bits per heavy atom. The van der Waals surface area contributed by atoms with Crippen molar-refractivity contribution >= 4 is 5.97 Å². The summed E-state index contributed by atoms with van der Waals surface area (Å²) in [5.41, 5.74) is 0. The van der Waals surface area contributed by atoms with Gasteiger partial charge in [0, 0.05) is 6.04 Å². The van der Waals surface area contributed by atoms with E-state index in [0.717, 1.165) is 12.3 Å². The zero-order valence-electron chi connectivity index (χ0n) is 12.2. The largest absolute Gasteiger partial charge is 0.463 e. The number of furan rings is 1. The fourth-order valence-corrected chi connectivity index (χ4v) is 2.86. The van der Waals surface area contributed by atoms with Gasteiger partial charge in [0.25, 0.3) is 0 Å². The van der Waals surface area contributed by atoms with E-state index in [-0.39, 0.29) is 11.8 Å². The Morgan fingerprint density at radius 1 is 1.47 bits per heavy atom. The van der Waals surface area contributed by atoms with E-state index < -0.39 is 5.97 Å². The van der Waals surface area contributed by atoms with E-state index >= 15 is 0 Å². The first-order chi connectivity index (χ1) is 9.04. The van der Waals surface area contributed by atoms with Crippen LogP contribution in [-0.2, 0) is 4.74 Å². The summed E-state index contributed by atoms with van der Waals surface area (Å²) < 4.78 is 10.3. The maximum Gasteiger partial charge on any atom is 0.373 e. The third-order valence-corrected chi connectivity index (χ3v) is 4.35. The van der Waals surface area contributed by atoms with Gasteiger partial charge >= 0.3 is 5.97 Å². The summed E-state index contributed by atoms with van der Waals surface area (Å²) in [5.74, 6) is 1.40. The van der Waals surface area contributed by atoms with Gasteiger partial charge in [-0.15, -0.1) is 0 Å². The highest BCUT2D eigenvalue weighted by Gasteiger charge is 2.30. The summed E-state index contributed by atoms with van der Waals surface area (Å²) in [6.45, 7) is 7.78. The Kier molecular flexibility index (Phi) is 4.30. The van der Waals surface area contributed by atoms with Crippen molar-refractivity contribution in [1.29, 1.82) is 0 Å². The Morgan fingerprint density at radius 3 is 2.89 bits per heavy atom. The lowest BCUT2D eigenvalue weighted by Gasteiger charge is -2.41. The molecule has 4 heteroatoms. The van der Waals surface area contributed by atoms with Crippen LogP contribution in [0.25, 0.3) is 0 Å². The zero-order valence-corrected chi connectivity index (χ0v) is 12.2. The predicted octanol–water partition coefficient (Wildman–Crippen LogP) is 3.25. The van der Waals surface area contributed by atoms with Crippen LogP contribution in [0, 0.1) is 5.92 Å². The molecular weight excluding hydrogens is 242 g/mol. The molecule has 2 rings (SSSR count). The number of nitrogens with zero attached hydrogens (tertiary/aromatic N) is 1.